The molecule has 0 N–H and O–H groups in total. The first-order valence-electron chi connectivity index (χ1n) is 7.96. The zero-order valence-electron chi connectivity index (χ0n) is 13.4. The Hall–Kier alpha value is -3.16. The zero-order valence-corrected chi connectivity index (χ0v) is 13.4. The Bertz CT molecular complexity index is 804. The molecule has 2 aliphatic rings. The van der Waals surface area contributed by atoms with E-state index in [0.29, 0.717) is 48.9 Å². The number of hydrogen-bond acceptors (Lipinski definition) is 6. The molecule has 4 rings (SSSR count). The fourth-order valence-corrected chi connectivity index (χ4v) is 2.90. The molecular weight excluding hydrogens is 324 g/mol. The normalized spacial score (nSPS) is 16.0. The molecule has 8 heteroatoms. The monoisotopic (exact) mass is 340 g/mol. The van der Waals surface area contributed by atoms with E-state index < -0.39 is 0 Å². The second-order valence-electron chi connectivity index (χ2n) is 5.74. The zero-order chi connectivity index (χ0) is 17.2. The largest absolute Gasteiger partial charge is 0.454 e. The van der Waals surface area contributed by atoms with Crippen LogP contribution < -0.4 is 9.47 Å². The second kappa shape index (κ2) is 6.39. The SMILES string of the molecule is O=C(c1ccc2c(c1)OCO2)N1CCN(C(=O)c2cnccn2)CC1. The van der Waals surface area contributed by atoms with Crippen LogP contribution in [-0.2, 0) is 0 Å². The smallest absolute Gasteiger partial charge is 0.274 e. The highest BCUT2D eigenvalue weighted by atomic mass is 16.7. The molecule has 0 aliphatic carbocycles. The number of rotatable bonds is 2. The molecule has 0 atom stereocenters. The minimum atomic E-state index is -0.164. The van der Waals surface area contributed by atoms with Crippen LogP contribution in [0.15, 0.2) is 36.8 Å². The van der Waals surface area contributed by atoms with E-state index in [1.807, 2.05) is 0 Å². The van der Waals surface area contributed by atoms with Gasteiger partial charge in [-0.1, -0.05) is 0 Å². The Kier molecular flexibility index (Phi) is 3.93. The molecule has 8 nitrogen and oxygen atoms in total. The highest BCUT2D eigenvalue weighted by Crippen LogP contribution is 2.32. The van der Waals surface area contributed by atoms with Crippen LogP contribution in [0.5, 0.6) is 11.5 Å². The fourth-order valence-electron chi connectivity index (χ4n) is 2.90. The summed E-state index contributed by atoms with van der Waals surface area (Å²) >= 11 is 0. The van der Waals surface area contributed by atoms with E-state index in [1.165, 1.54) is 18.6 Å². The minimum Gasteiger partial charge on any atom is -0.454 e. The van der Waals surface area contributed by atoms with Crippen molar-refractivity contribution in [2.45, 2.75) is 0 Å². The topological polar surface area (TPSA) is 84.9 Å². The van der Waals surface area contributed by atoms with Crippen LogP contribution in [0, 0.1) is 0 Å². The minimum absolute atomic E-state index is 0.0788. The van der Waals surface area contributed by atoms with E-state index in [0.717, 1.165) is 0 Å². The summed E-state index contributed by atoms with van der Waals surface area (Å²) in [5, 5.41) is 0. The van der Waals surface area contributed by atoms with Gasteiger partial charge in [0.1, 0.15) is 5.69 Å². The van der Waals surface area contributed by atoms with Crippen LogP contribution in [-0.4, -0.2) is 64.6 Å². The van der Waals surface area contributed by atoms with Crippen LogP contribution in [0.4, 0.5) is 0 Å². The number of fused-ring (bicyclic) bond motifs is 1. The van der Waals surface area contributed by atoms with Crippen molar-refractivity contribution in [1.29, 1.82) is 0 Å². The summed E-state index contributed by atoms with van der Waals surface area (Å²) in [6.07, 6.45) is 4.47. The Morgan fingerprint density at radius 3 is 2.36 bits per heavy atom. The molecule has 128 valence electrons. The molecular formula is C17H16N4O4. The van der Waals surface area contributed by atoms with Gasteiger partial charge in [-0.15, -0.1) is 0 Å². The number of piperazine rings is 1. The van der Waals surface area contributed by atoms with Crippen molar-refractivity contribution < 1.29 is 19.1 Å². The third-order valence-electron chi connectivity index (χ3n) is 4.26. The third kappa shape index (κ3) is 2.98. The molecule has 1 fully saturated rings. The van der Waals surface area contributed by atoms with Crippen molar-refractivity contribution in [3.8, 4) is 11.5 Å². The first-order valence-corrected chi connectivity index (χ1v) is 7.96. The maximum Gasteiger partial charge on any atom is 0.274 e. The van der Waals surface area contributed by atoms with Gasteiger partial charge in [0.25, 0.3) is 11.8 Å². The van der Waals surface area contributed by atoms with E-state index in [-0.39, 0.29) is 18.6 Å². The first-order chi connectivity index (χ1) is 12.2. The predicted octanol–water partition coefficient (Wildman–Crippen LogP) is 0.803. The van der Waals surface area contributed by atoms with Crippen molar-refractivity contribution in [3.05, 3.63) is 48.0 Å². The number of nitrogens with zero attached hydrogens (tertiary/aromatic N) is 4. The number of carbonyl (C=O) groups is 2. The van der Waals surface area contributed by atoms with Gasteiger partial charge >= 0.3 is 0 Å². The first kappa shape index (κ1) is 15.4. The van der Waals surface area contributed by atoms with Gasteiger partial charge in [-0.3, -0.25) is 14.6 Å². The Morgan fingerprint density at radius 2 is 1.64 bits per heavy atom. The number of hydrogen-bond donors (Lipinski definition) is 0. The highest BCUT2D eigenvalue weighted by Gasteiger charge is 2.27. The molecule has 2 amide bonds. The van der Waals surface area contributed by atoms with Crippen LogP contribution in [0.1, 0.15) is 20.8 Å². The van der Waals surface area contributed by atoms with Gasteiger partial charge in [0.15, 0.2) is 11.5 Å². The summed E-state index contributed by atoms with van der Waals surface area (Å²) in [6, 6.07) is 5.16. The molecule has 0 spiro atoms. The van der Waals surface area contributed by atoms with Crippen LogP contribution in [0.3, 0.4) is 0 Å². The summed E-state index contributed by atoms with van der Waals surface area (Å²) in [5.74, 6) is 0.992. The van der Waals surface area contributed by atoms with Gasteiger partial charge < -0.3 is 19.3 Å². The molecule has 0 unspecified atom stereocenters. The van der Waals surface area contributed by atoms with Gasteiger partial charge in [-0.2, -0.15) is 0 Å². The molecule has 1 aromatic heterocycles. The molecule has 25 heavy (non-hydrogen) atoms. The molecule has 0 saturated carbocycles. The Balaban J connectivity index is 1.40. The molecule has 2 aliphatic heterocycles. The number of aromatic nitrogens is 2. The lowest BCUT2D eigenvalue weighted by molar-refractivity contribution is 0.0532. The molecule has 2 aromatic rings. The number of carbonyl (C=O) groups excluding carboxylic acids is 2. The Morgan fingerprint density at radius 1 is 0.920 bits per heavy atom. The molecule has 0 radical (unpaired) electrons. The molecule has 1 saturated heterocycles. The van der Waals surface area contributed by atoms with E-state index in [4.69, 9.17) is 9.47 Å². The fraction of sp³-hybridized carbons (Fsp3) is 0.294. The number of amides is 2. The average molecular weight is 340 g/mol. The van der Waals surface area contributed by atoms with E-state index in [9.17, 15) is 9.59 Å². The number of benzene rings is 1. The van der Waals surface area contributed by atoms with Crippen molar-refractivity contribution in [1.82, 2.24) is 19.8 Å². The highest BCUT2D eigenvalue weighted by molar-refractivity contribution is 5.95. The summed E-state index contributed by atoms with van der Waals surface area (Å²) in [5.41, 5.74) is 0.871. The predicted molar refractivity (Wildman–Crippen MR) is 86.4 cm³/mol. The van der Waals surface area contributed by atoms with Crippen LogP contribution in [0.25, 0.3) is 0 Å². The molecule has 1 aromatic carbocycles. The lowest BCUT2D eigenvalue weighted by atomic mass is 10.1. The van der Waals surface area contributed by atoms with E-state index in [2.05, 4.69) is 9.97 Å². The summed E-state index contributed by atoms with van der Waals surface area (Å²) in [4.78, 5) is 36.4. The van der Waals surface area contributed by atoms with Crippen molar-refractivity contribution in [3.63, 3.8) is 0 Å². The number of ether oxygens (including phenoxy) is 2. The molecule has 0 bridgehead atoms. The quantitative estimate of drug-likeness (QED) is 0.804. The van der Waals surface area contributed by atoms with Gasteiger partial charge in [-0.25, -0.2) is 4.98 Å². The third-order valence-corrected chi connectivity index (χ3v) is 4.26. The lowest BCUT2D eigenvalue weighted by Crippen LogP contribution is -2.50. The lowest BCUT2D eigenvalue weighted by Gasteiger charge is -2.34. The van der Waals surface area contributed by atoms with Crippen molar-refractivity contribution in [2.24, 2.45) is 0 Å². The van der Waals surface area contributed by atoms with Gasteiger partial charge in [0.05, 0.1) is 6.20 Å². The van der Waals surface area contributed by atoms with Crippen LogP contribution in [0.2, 0.25) is 0 Å². The second-order valence-corrected chi connectivity index (χ2v) is 5.74. The van der Waals surface area contributed by atoms with Crippen molar-refractivity contribution >= 4 is 11.8 Å². The summed E-state index contributed by atoms with van der Waals surface area (Å²) < 4.78 is 10.6. The van der Waals surface area contributed by atoms with Gasteiger partial charge in [0.2, 0.25) is 6.79 Å². The summed E-state index contributed by atoms with van der Waals surface area (Å²) in [6.45, 7) is 2.05. The van der Waals surface area contributed by atoms with Gasteiger partial charge in [0, 0.05) is 44.1 Å². The van der Waals surface area contributed by atoms with Crippen molar-refractivity contribution in [2.75, 3.05) is 33.0 Å². The summed E-state index contributed by atoms with van der Waals surface area (Å²) in [7, 11) is 0. The van der Waals surface area contributed by atoms with Crippen LogP contribution >= 0.6 is 0 Å². The Labute approximate surface area is 144 Å². The van der Waals surface area contributed by atoms with E-state index >= 15 is 0 Å². The molecule has 3 heterocycles. The van der Waals surface area contributed by atoms with E-state index in [1.54, 1.807) is 28.0 Å². The average Bonchev–Trinajstić information content (AvgIpc) is 3.15. The standard InChI is InChI=1S/C17H16N4O4/c22-16(12-1-2-14-15(9-12)25-11-24-14)20-5-7-21(8-6-20)17(23)13-10-18-3-4-19-13/h1-4,9-10H,5-8,11H2. The maximum atomic E-state index is 12.6. The maximum absolute atomic E-state index is 12.6. The van der Waals surface area contributed by atoms with Gasteiger partial charge in [-0.05, 0) is 18.2 Å².